The van der Waals surface area contributed by atoms with Crippen LogP contribution >= 0.6 is 7.82 Å². The summed E-state index contributed by atoms with van der Waals surface area (Å²) in [5.41, 5.74) is 0.293. The quantitative estimate of drug-likeness (QED) is 0.236. The standard InChI is InChI=1S/C21H24NO8P.Na/c1-13(23)15-9-10-17-16(11-15)18(22-20(24)14-7-5-4-6-8-14)19(21(2,3)30-17)28-12-29-31(25,26)27;/h4-11,18-19H,12H2,1-3H3,(H,22,24)(H2,25,26,27);/q;+1/p-1/t18-,19+;/m0./s1. The van der Waals surface area contributed by atoms with Crippen molar-refractivity contribution in [3.63, 3.8) is 0 Å². The first-order chi connectivity index (χ1) is 14.5. The monoisotopic (exact) mass is 471 g/mol. The van der Waals surface area contributed by atoms with Crippen LogP contribution in [0, 0.1) is 0 Å². The van der Waals surface area contributed by atoms with Gasteiger partial charge in [-0.2, -0.15) is 0 Å². The average Bonchev–Trinajstić information content (AvgIpc) is 2.69. The minimum absolute atomic E-state index is 0. The Hall–Kier alpha value is -1.55. The van der Waals surface area contributed by atoms with Crippen molar-refractivity contribution in [3.8, 4) is 5.75 Å². The summed E-state index contributed by atoms with van der Waals surface area (Å²) in [7, 11) is -5.01. The SMILES string of the molecule is CC(=O)c1ccc2c(c1)[C@H](NC(=O)c1ccccc1)[C@@H](OCOP(=O)([O-])O)C(C)(C)O2.[Na+]. The summed E-state index contributed by atoms with van der Waals surface area (Å²) in [6.07, 6.45) is -0.915. The van der Waals surface area contributed by atoms with E-state index < -0.39 is 38.3 Å². The minimum Gasteiger partial charge on any atom is -0.756 e. The number of phosphoric acid groups is 1. The van der Waals surface area contributed by atoms with Crippen LogP contribution < -0.4 is 44.5 Å². The first-order valence-corrected chi connectivity index (χ1v) is 11.0. The van der Waals surface area contributed by atoms with Crippen LogP contribution in [0.4, 0.5) is 0 Å². The van der Waals surface area contributed by atoms with Crippen LogP contribution in [0.2, 0.25) is 0 Å². The van der Waals surface area contributed by atoms with Gasteiger partial charge in [-0.3, -0.25) is 18.7 Å². The Morgan fingerprint density at radius 2 is 1.84 bits per heavy atom. The molecular formula is C21H23NNaO8P. The summed E-state index contributed by atoms with van der Waals surface area (Å²) in [5, 5.41) is 2.89. The van der Waals surface area contributed by atoms with Gasteiger partial charge in [0.1, 0.15) is 17.5 Å². The maximum Gasteiger partial charge on any atom is 1.00 e. The van der Waals surface area contributed by atoms with Gasteiger partial charge in [0, 0.05) is 16.7 Å². The van der Waals surface area contributed by atoms with Crippen molar-refractivity contribution in [1.29, 1.82) is 0 Å². The molecule has 2 N–H and O–H groups in total. The van der Waals surface area contributed by atoms with Gasteiger partial charge in [-0.15, -0.1) is 0 Å². The Kier molecular flexibility index (Phi) is 8.83. The van der Waals surface area contributed by atoms with E-state index in [1.807, 2.05) is 0 Å². The number of fused-ring (bicyclic) bond motifs is 1. The molecule has 1 aliphatic rings. The summed E-state index contributed by atoms with van der Waals surface area (Å²) in [6.45, 7) is 4.05. The number of amides is 1. The molecule has 2 aromatic carbocycles. The van der Waals surface area contributed by atoms with Gasteiger partial charge < -0.3 is 24.6 Å². The zero-order valence-corrected chi connectivity index (χ0v) is 21.1. The van der Waals surface area contributed by atoms with E-state index in [9.17, 15) is 19.0 Å². The van der Waals surface area contributed by atoms with Crippen LogP contribution in [-0.2, 0) is 13.8 Å². The molecule has 0 spiro atoms. The number of ether oxygens (including phenoxy) is 2. The molecule has 1 unspecified atom stereocenters. The molecule has 32 heavy (non-hydrogen) atoms. The number of phosphoric ester groups is 1. The van der Waals surface area contributed by atoms with Crippen LogP contribution in [0.25, 0.3) is 0 Å². The Morgan fingerprint density at radius 1 is 1.19 bits per heavy atom. The Bertz CT molecular complexity index is 1020. The molecule has 0 saturated carbocycles. The number of Topliss-reactive ketones (excluding diaryl/α,β-unsaturated/α-hetero) is 1. The predicted molar refractivity (Wildman–Crippen MR) is 108 cm³/mol. The summed E-state index contributed by atoms with van der Waals surface area (Å²) in [6, 6.07) is 12.6. The topological polar surface area (TPSA) is 134 Å². The van der Waals surface area contributed by atoms with E-state index in [-0.39, 0.29) is 35.3 Å². The maximum atomic E-state index is 12.9. The van der Waals surface area contributed by atoms with E-state index in [4.69, 9.17) is 14.4 Å². The molecule has 3 rings (SSSR count). The molecule has 166 valence electrons. The summed E-state index contributed by atoms with van der Waals surface area (Å²) < 4.78 is 26.9. The molecule has 9 nitrogen and oxygen atoms in total. The van der Waals surface area contributed by atoms with E-state index in [0.717, 1.165) is 0 Å². The Labute approximate surface area is 208 Å². The molecule has 0 aromatic heterocycles. The van der Waals surface area contributed by atoms with Crippen molar-refractivity contribution >= 4 is 19.5 Å². The van der Waals surface area contributed by atoms with E-state index in [0.29, 0.717) is 22.4 Å². The second kappa shape index (κ2) is 10.6. The molecule has 0 radical (unpaired) electrons. The number of carbonyl (C=O) groups is 2. The number of ketones is 1. The fourth-order valence-electron chi connectivity index (χ4n) is 3.44. The van der Waals surface area contributed by atoms with Crippen molar-refractivity contribution in [3.05, 3.63) is 65.2 Å². The van der Waals surface area contributed by atoms with Crippen LogP contribution in [0.15, 0.2) is 48.5 Å². The second-order valence-electron chi connectivity index (χ2n) is 7.63. The van der Waals surface area contributed by atoms with E-state index in [2.05, 4.69) is 9.84 Å². The molecule has 2 aromatic rings. The number of benzene rings is 2. The van der Waals surface area contributed by atoms with Gasteiger partial charge in [0.25, 0.3) is 13.7 Å². The fourth-order valence-corrected chi connectivity index (χ4v) is 3.64. The molecule has 0 fully saturated rings. The molecule has 0 bridgehead atoms. The Morgan fingerprint density at radius 3 is 2.44 bits per heavy atom. The van der Waals surface area contributed by atoms with Crippen molar-refractivity contribution < 1.29 is 67.5 Å². The fraction of sp³-hybridized carbons (Fsp3) is 0.333. The van der Waals surface area contributed by atoms with Gasteiger partial charge in [0.05, 0.1) is 6.04 Å². The predicted octanol–water partition coefficient (Wildman–Crippen LogP) is -0.645. The van der Waals surface area contributed by atoms with Gasteiger partial charge >= 0.3 is 29.6 Å². The molecule has 1 heterocycles. The molecule has 0 saturated heterocycles. The van der Waals surface area contributed by atoms with Crippen LogP contribution in [0.5, 0.6) is 5.75 Å². The van der Waals surface area contributed by atoms with E-state index in [1.54, 1.807) is 62.4 Å². The zero-order valence-electron chi connectivity index (χ0n) is 18.2. The molecule has 3 atom stereocenters. The van der Waals surface area contributed by atoms with Crippen molar-refractivity contribution in [1.82, 2.24) is 5.32 Å². The molecule has 0 aliphatic carbocycles. The summed E-state index contributed by atoms with van der Waals surface area (Å²) >= 11 is 0. The molecule has 1 amide bonds. The number of hydrogen-bond acceptors (Lipinski definition) is 7. The second-order valence-corrected chi connectivity index (χ2v) is 8.83. The number of rotatable bonds is 7. The minimum atomic E-state index is -5.01. The van der Waals surface area contributed by atoms with Crippen LogP contribution in [-0.4, -0.2) is 35.1 Å². The number of carbonyl (C=O) groups excluding carboxylic acids is 2. The smallest absolute Gasteiger partial charge is 0.756 e. The number of hydrogen-bond donors (Lipinski definition) is 2. The third kappa shape index (κ3) is 6.50. The van der Waals surface area contributed by atoms with Crippen molar-refractivity contribution in [2.75, 3.05) is 6.79 Å². The normalized spacial score (nSPS) is 20.7. The van der Waals surface area contributed by atoms with Crippen molar-refractivity contribution in [2.45, 2.75) is 38.5 Å². The van der Waals surface area contributed by atoms with E-state index >= 15 is 0 Å². The molecule has 11 heteroatoms. The van der Waals surface area contributed by atoms with Gasteiger partial charge in [0.15, 0.2) is 12.6 Å². The molecular weight excluding hydrogens is 448 g/mol. The van der Waals surface area contributed by atoms with Crippen molar-refractivity contribution in [2.24, 2.45) is 0 Å². The third-order valence-electron chi connectivity index (χ3n) is 4.90. The Balaban J connectivity index is 0.00000363. The van der Waals surface area contributed by atoms with Crippen LogP contribution in [0.3, 0.4) is 0 Å². The van der Waals surface area contributed by atoms with Gasteiger partial charge in [-0.1, -0.05) is 18.2 Å². The maximum absolute atomic E-state index is 12.9. The zero-order chi connectivity index (χ0) is 22.8. The average molecular weight is 471 g/mol. The van der Waals surface area contributed by atoms with E-state index in [1.165, 1.54) is 6.92 Å². The summed E-state index contributed by atoms with van der Waals surface area (Å²) in [5.74, 6) is -0.117. The van der Waals surface area contributed by atoms with Gasteiger partial charge in [-0.05, 0) is 51.1 Å². The summed E-state index contributed by atoms with van der Waals surface area (Å²) in [4.78, 5) is 44.6. The first kappa shape index (κ1) is 26.7. The largest absolute Gasteiger partial charge is 1.00 e. The first-order valence-electron chi connectivity index (χ1n) is 9.48. The van der Waals surface area contributed by atoms with Gasteiger partial charge in [0.2, 0.25) is 0 Å². The molecule has 1 aliphatic heterocycles. The van der Waals surface area contributed by atoms with Gasteiger partial charge in [-0.25, -0.2) is 0 Å². The number of nitrogens with one attached hydrogen (secondary N) is 1. The third-order valence-corrected chi connectivity index (χ3v) is 5.33. The van der Waals surface area contributed by atoms with Crippen LogP contribution in [0.1, 0.15) is 53.1 Å².